The van der Waals surface area contributed by atoms with Gasteiger partial charge in [0.15, 0.2) is 11.7 Å². The summed E-state index contributed by atoms with van der Waals surface area (Å²) in [6, 6.07) is 10.4. The number of nitrogens with one attached hydrogen (secondary N) is 1. The first-order valence-corrected chi connectivity index (χ1v) is 10.3. The van der Waals surface area contributed by atoms with Crippen molar-refractivity contribution in [1.82, 2.24) is 0 Å². The Hall–Kier alpha value is -2.36. The Labute approximate surface area is 159 Å². The standard InChI is InChI=1S/C23H25N3O/c24-23(26-22-15-7-12-6-13(9-15)10-16(22)8-12)25-19-5-4-14-2-1-3-17-20(27)11-18(19)21(14)17/h1-5,12-13,15-16,22H,6-11H2,(H3,24,25,26). The zero-order chi connectivity index (χ0) is 18.1. The van der Waals surface area contributed by atoms with Crippen LogP contribution in [-0.2, 0) is 6.42 Å². The fraction of sp³-hybridized carbons (Fsp3) is 0.478. The zero-order valence-corrected chi connectivity index (χ0v) is 15.4. The third kappa shape index (κ3) is 2.35. The summed E-state index contributed by atoms with van der Waals surface area (Å²) >= 11 is 0. The number of guanidine groups is 1. The molecule has 7 rings (SSSR count). The summed E-state index contributed by atoms with van der Waals surface area (Å²) in [5.74, 6) is 4.04. The van der Waals surface area contributed by atoms with Gasteiger partial charge in [0.05, 0.1) is 6.04 Å². The predicted molar refractivity (Wildman–Crippen MR) is 108 cm³/mol. The number of hydrogen-bond acceptors (Lipinski definition) is 2. The topological polar surface area (TPSA) is 67.5 Å². The Morgan fingerprint density at radius 3 is 2.48 bits per heavy atom. The largest absolute Gasteiger partial charge is 0.370 e. The predicted octanol–water partition coefficient (Wildman–Crippen LogP) is 4.13. The van der Waals surface area contributed by atoms with Gasteiger partial charge in [0, 0.05) is 17.7 Å². The Bertz CT molecular complexity index is 965. The molecule has 4 nitrogen and oxygen atoms in total. The maximum absolute atomic E-state index is 12.4. The number of carbonyl (C=O) groups is 1. The number of carbonyl (C=O) groups excluding carboxylic acids is 1. The van der Waals surface area contributed by atoms with Gasteiger partial charge < -0.3 is 11.1 Å². The minimum absolute atomic E-state index is 0.196. The molecular weight excluding hydrogens is 334 g/mol. The van der Waals surface area contributed by atoms with Crippen LogP contribution in [-0.4, -0.2) is 17.8 Å². The lowest BCUT2D eigenvalue weighted by Crippen LogP contribution is -2.48. The summed E-state index contributed by atoms with van der Waals surface area (Å²) in [6.07, 6.45) is 7.26. The molecule has 0 unspecified atom stereocenters. The number of anilines is 1. The molecule has 0 atom stereocenters. The second-order valence-electron chi connectivity index (χ2n) is 9.16. The van der Waals surface area contributed by atoms with Crippen LogP contribution in [0.5, 0.6) is 0 Å². The second kappa shape index (κ2) is 5.57. The summed E-state index contributed by atoms with van der Waals surface area (Å²) < 4.78 is 0. The van der Waals surface area contributed by atoms with Gasteiger partial charge in [-0.3, -0.25) is 4.79 Å². The van der Waals surface area contributed by atoms with E-state index in [-0.39, 0.29) is 5.78 Å². The minimum atomic E-state index is 0.196. The van der Waals surface area contributed by atoms with E-state index in [9.17, 15) is 4.79 Å². The number of ketones is 1. The maximum Gasteiger partial charge on any atom is 0.193 e. The van der Waals surface area contributed by atoms with E-state index in [0.29, 0.717) is 18.4 Å². The molecule has 4 bridgehead atoms. The van der Waals surface area contributed by atoms with Gasteiger partial charge in [0.2, 0.25) is 0 Å². The molecular formula is C23H25N3O. The van der Waals surface area contributed by atoms with Crippen molar-refractivity contribution in [2.45, 2.75) is 44.6 Å². The van der Waals surface area contributed by atoms with Crippen LogP contribution in [0.1, 0.15) is 48.0 Å². The molecule has 5 aliphatic carbocycles. The third-order valence-electron chi connectivity index (χ3n) is 7.52. The molecule has 27 heavy (non-hydrogen) atoms. The third-order valence-corrected chi connectivity index (χ3v) is 7.52. The Kier molecular flexibility index (Phi) is 3.23. The van der Waals surface area contributed by atoms with Crippen molar-refractivity contribution < 1.29 is 4.79 Å². The van der Waals surface area contributed by atoms with Crippen molar-refractivity contribution in [3.8, 4) is 0 Å². The number of benzene rings is 2. The molecule has 3 N–H and O–H groups in total. The van der Waals surface area contributed by atoms with E-state index in [0.717, 1.165) is 51.3 Å². The van der Waals surface area contributed by atoms with Crippen LogP contribution < -0.4 is 11.1 Å². The van der Waals surface area contributed by atoms with E-state index in [1.807, 2.05) is 18.2 Å². The average Bonchev–Trinajstić information content (AvgIpc) is 2.99. The molecule has 4 heteroatoms. The van der Waals surface area contributed by atoms with Crippen molar-refractivity contribution >= 4 is 28.2 Å². The van der Waals surface area contributed by atoms with Gasteiger partial charge in [-0.05, 0) is 78.2 Å². The first-order chi connectivity index (χ1) is 13.2. The molecule has 4 fully saturated rings. The molecule has 0 radical (unpaired) electrons. The average molecular weight is 359 g/mol. The summed E-state index contributed by atoms with van der Waals surface area (Å²) in [4.78, 5) is 17.3. The maximum atomic E-state index is 12.4. The highest BCUT2D eigenvalue weighted by molar-refractivity contribution is 6.17. The molecule has 0 heterocycles. The Balaban J connectivity index is 1.31. The van der Waals surface area contributed by atoms with Crippen molar-refractivity contribution in [3.63, 3.8) is 0 Å². The summed E-state index contributed by atoms with van der Waals surface area (Å²) in [6.45, 7) is 0. The lowest BCUT2D eigenvalue weighted by molar-refractivity contribution is 0.00124. The number of hydrogen-bond donors (Lipinski definition) is 2. The van der Waals surface area contributed by atoms with Gasteiger partial charge in [0.25, 0.3) is 0 Å². The van der Waals surface area contributed by atoms with Crippen LogP contribution in [0.4, 0.5) is 5.69 Å². The van der Waals surface area contributed by atoms with Crippen LogP contribution in [0, 0.1) is 23.7 Å². The molecule has 138 valence electrons. The van der Waals surface area contributed by atoms with Gasteiger partial charge in [-0.1, -0.05) is 24.3 Å². The first-order valence-electron chi connectivity index (χ1n) is 10.3. The van der Waals surface area contributed by atoms with Crippen LogP contribution in [0.3, 0.4) is 0 Å². The fourth-order valence-electron chi connectivity index (χ4n) is 6.68. The van der Waals surface area contributed by atoms with Crippen molar-refractivity contribution in [2.24, 2.45) is 34.4 Å². The molecule has 2 aromatic rings. The van der Waals surface area contributed by atoms with Gasteiger partial charge in [-0.25, -0.2) is 4.99 Å². The molecule has 0 aromatic heterocycles. The minimum Gasteiger partial charge on any atom is -0.370 e. The van der Waals surface area contributed by atoms with Crippen LogP contribution in [0.25, 0.3) is 10.8 Å². The van der Waals surface area contributed by atoms with Gasteiger partial charge in [0.1, 0.15) is 0 Å². The SMILES string of the molecule is NC(=NC1C2CC3CC(C2)CC1C3)Nc1ccc2cccc3c2c1CC3=O. The quantitative estimate of drug-likeness (QED) is 0.626. The summed E-state index contributed by atoms with van der Waals surface area (Å²) in [7, 11) is 0. The normalized spacial score (nSPS) is 33.9. The van der Waals surface area contributed by atoms with E-state index < -0.39 is 0 Å². The second-order valence-corrected chi connectivity index (χ2v) is 9.16. The smallest absolute Gasteiger partial charge is 0.193 e. The summed E-state index contributed by atoms with van der Waals surface area (Å²) in [5.41, 5.74) is 9.20. The molecule has 0 spiro atoms. The van der Waals surface area contributed by atoms with E-state index in [4.69, 9.17) is 10.7 Å². The molecule has 0 amide bonds. The zero-order valence-electron chi connectivity index (χ0n) is 15.4. The van der Waals surface area contributed by atoms with E-state index in [1.54, 1.807) is 0 Å². The van der Waals surface area contributed by atoms with Crippen molar-refractivity contribution in [3.05, 3.63) is 41.5 Å². The number of aliphatic imine (C=N–C) groups is 1. The monoisotopic (exact) mass is 359 g/mol. The highest BCUT2D eigenvalue weighted by Gasteiger charge is 2.48. The highest BCUT2D eigenvalue weighted by atomic mass is 16.1. The number of Topliss-reactive ketones (excluding diaryl/α,β-unsaturated/α-hetero) is 1. The van der Waals surface area contributed by atoms with Crippen LogP contribution in [0.15, 0.2) is 35.3 Å². The summed E-state index contributed by atoms with van der Waals surface area (Å²) in [5, 5.41) is 5.54. The number of rotatable bonds is 2. The molecule has 5 aliphatic rings. The van der Waals surface area contributed by atoms with Crippen molar-refractivity contribution in [2.75, 3.05) is 5.32 Å². The first kappa shape index (κ1) is 15.7. The van der Waals surface area contributed by atoms with Crippen molar-refractivity contribution in [1.29, 1.82) is 0 Å². The van der Waals surface area contributed by atoms with Crippen LogP contribution >= 0.6 is 0 Å². The highest BCUT2D eigenvalue weighted by Crippen LogP contribution is 2.54. The fourth-order valence-corrected chi connectivity index (χ4v) is 6.68. The number of nitrogens with zero attached hydrogens (tertiary/aromatic N) is 1. The van der Waals surface area contributed by atoms with Crippen LogP contribution in [0.2, 0.25) is 0 Å². The molecule has 2 aromatic carbocycles. The molecule has 4 saturated carbocycles. The van der Waals surface area contributed by atoms with Gasteiger partial charge in [-0.2, -0.15) is 0 Å². The van der Waals surface area contributed by atoms with E-state index in [2.05, 4.69) is 17.4 Å². The molecule has 0 aliphatic heterocycles. The molecule has 0 saturated heterocycles. The Morgan fingerprint density at radius 2 is 1.74 bits per heavy atom. The van der Waals surface area contributed by atoms with Gasteiger partial charge >= 0.3 is 0 Å². The van der Waals surface area contributed by atoms with Gasteiger partial charge in [-0.15, -0.1) is 0 Å². The van der Waals surface area contributed by atoms with E-state index in [1.165, 1.54) is 32.1 Å². The lowest BCUT2D eigenvalue weighted by Gasteiger charge is -2.53. The number of nitrogens with two attached hydrogens (primary N) is 1. The lowest BCUT2D eigenvalue weighted by atomic mass is 9.54. The van der Waals surface area contributed by atoms with E-state index >= 15 is 0 Å². The Morgan fingerprint density at radius 1 is 1.00 bits per heavy atom.